The molecule has 1 amide bonds. The van der Waals surface area contributed by atoms with Crippen LogP contribution in [0.4, 0.5) is 0 Å². The number of nitrogens with zero attached hydrogens (tertiary/aromatic N) is 2. The molecular weight excluding hydrogens is 414 g/mol. The van der Waals surface area contributed by atoms with Gasteiger partial charge in [0.2, 0.25) is 17.6 Å². The highest BCUT2D eigenvalue weighted by atomic mass is 16.5. The summed E-state index contributed by atoms with van der Waals surface area (Å²) in [5, 5.41) is 7.19. The van der Waals surface area contributed by atoms with Crippen LogP contribution in [0.2, 0.25) is 0 Å². The molecule has 0 fully saturated rings. The standard InChI is InChI=1S/C27H27N3O3/c1-19(26(20-9-5-3-6-10-20)21-11-7-4-8-12-21)28-24(31)17-18-25-29-27(30-33-25)22-13-15-23(32-2)16-14-22/h3-16,19,26H,17-18H2,1-2H3,(H,28,31). The van der Waals surface area contributed by atoms with Gasteiger partial charge in [0, 0.05) is 30.4 Å². The van der Waals surface area contributed by atoms with E-state index in [9.17, 15) is 4.79 Å². The summed E-state index contributed by atoms with van der Waals surface area (Å²) in [5.41, 5.74) is 3.16. The summed E-state index contributed by atoms with van der Waals surface area (Å²) in [5.74, 6) is 1.70. The molecule has 6 nitrogen and oxygen atoms in total. The van der Waals surface area contributed by atoms with Crippen LogP contribution < -0.4 is 10.1 Å². The Morgan fingerprint density at radius 3 is 2.12 bits per heavy atom. The van der Waals surface area contributed by atoms with Crippen molar-refractivity contribution in [3.8, 4) is 17.1 Å². The van der Waals surface area contributed by atoms with Gasteiger partial charge < -0.3 is 14.6 Å². The van der Waals surface area contributed by atoms with Gasteiger partial charge in [-0.05, 0) is 42.3 Å². The van der Waals surface area contributed by atoms with Crippen molar-refractivity contribution in [3.63, 3.8) is 0 Å². The largest absolute Gasteiger partial charge is 0.497 e. The highest BCUT2D eigenvalue weighted by Crippen LogP contribution is 2.28. The van der Waals surface area contributed by atoms with Crippen molar-refractivity contribution in [1.29, 1.82) is 0 Å². The molecule has 0 saturated carbocycles. The van der Waals surface area contributed by atoms with Gasteiger partial charge in [-0.3, -0.25) is 4.79 Å². The molecular formula is C27H27N3O3. The number of ether oxygens (including phenoxy) is 1. The van der Waals surface area contributed by atoms with E-state index in [0.29, 0.717) is 18.1 Å². The van der Waals surface area contributed by atoms with Crippen molar-refractivity contribution in [2.45, 2.75) is 31.7 Å². The predicted octanol–water partition coefficient (Wildman–Crippen LogP) is 5.01. The molecule has 3 aromatic carbocycles. The maximum absolute atomic E-state index is 12.7. The van der Waals surface area contributed by atoms with Gasteiger partial charge in [-0.1, -0.05) is 65.8 Å². The fraction of sp³-hybridized carbons (Fsp3) is 0.222. The van der Waals surface area contributed by atoms with Crippen LogP contribution in [0.1, 0.15) is 36.3 Å². The van der Waals surface area contributed by atoms with Crippen LogP contribution in [0, 0.1) is 0 Å². The van der Waals surface area contributed by atoms with Crippen molar-refractivity contribution in [2.24, 2.45) is 0 Å². The second-order valence-electron chi connectivity index (χ2n) is 7.90. The summed E-state index contributed by atoms with van der Waals surface area (Å²) in [4.78, 5) is 17.1. The molecule has 1 aromatic heterocycles. The minimum absolute atomic E-state index is 0.0523. The van der Waals surface area contributed by atoms with Gasteiger partial charge in [0.1, 0.15) is 5.75 Å². The summed E-state index contributed by atoms with van der Waals surface area (Å²) in [6.07, 6.45) is 0.647. The average molecular weight is 442 g/mol. The zero-order valence-corrected chi connectivity index (χ0v) is 18.8. The summed E-state index contributed by atoms with van der Waals surface area (Å²) < 4.78 is 10.5. The molecule has 1 unspecified atom stereocenters. The van der Waals surface area contributed by atoms with Crippen LogP contribution >= 0.6 is 0 Å². The molecule has 6 heteroatoms. The third-order valence-electron chi connectivity index (χ3n) is 5.59. The Labute approximate surface area is 193 Å². The van der Waals surface area contributed by atoms with E-state index in [4.69, 9.17) is 9.26 Å². The minimum atomic E-state index is -0.0835. The molecule has 1 heterocycles. The summed E-state index contributed by atoms with van der Waals surface area (Å²) in [7, 11) is 1.62. The minimum Gasteiger partial charge on any atom is -0.497 e. The van der Waals surface area contributed by atoms with Crippen molar-refractivity contribution < 1.29 is 14.1 Å². The Balaban J connectivity index is 1.38. The van der Waals surface area contributed by atoms with Gasteiger partial charge in [-0.2, -0.15) is 4.98 Å². The SMILES string of the molecule is COc1ccc(-c2noc(CCC(=O)NC(C)C(c3ccccc3)c3ccccc3)n2)cc1. The number of amides is 1. The molecule has 0 aliphatic rings. The lowest BCUT2D eigenvalue weighted by Gasteiger charge is -2.26. The second kappa shape index (κ2) is 10.6. The van der Waals surface area contributed by atoms with Crippen LogP contribution in [-0.4, -0.2) is 29.2 Å². The Morgan fingerprint density at radius 1 is 0.939 bits per heavy atom. The molecule has 4 rings (SSSR count). The average Bonchev–Trinajstić information content (AvgIpc) is 3.33. The molecule has 1 N–H and O–H groups in total. The number of rotatable bonds is 9. The van der Waals surface area contributed by atoms with E-state index in [0.717, 1.165) is 22.4 Å². The predicted molar refractivity (Wildman–Crippen MR) is 127 cm³/mol. The number of hydrogen-bond donors (Lipinski definition) is 1. The molecule has 1 atom stereocenters. The first-order chi connectivity index (χ1) is 16.1. The van der Waals surface area contributed by atoms with Crippen LogP contribution in [-0.2, 0) is 11.2 Å². The number of aryl methyl sites for hydroxylation is 1. The number of hydrogen-bond acceptors (Lipinski definition) is 5. The van der Waals surface area contributed by atoms with E-state index >= 15 is 0 Å². The third-order valence-corrected chi connectivity index (χ3v) is 5.59. The van der Waals surface area contributed by atoms with Crippen LogP contribution in [0.3, 0.4) is 0 Å². The van der Waals surface area contributed by atoms with Gasteiger partial charge in [-0.15, -0.1) is 0 Å². The first-order valence-electron chi connectivity index (χ1n) is 11.0. The number of aromatic nitrogens is 2. The molecule has 0 bridgehead atoms. The number of carbonyl (C=O) groups excluding carboxylic acids is 1. The normalized spacial score (nSPS) is 11.8. The zero-order chi connectivity index (χ0) is 23.0. The molecule has 0 radical (unpaired) electrons. The fourth-order valence-electron chi connectivity index (χ4n) is 3.93. The molecule has 0 spiro atoms. The van der Waals surface area contributed by atoms with Crippen LogP contribution in [0.25, 0.3) is 11.4 Å². The Morgan fingerprint density at radius 2 is 1.55 bits per heavy atom. The lowest BCUT2D eigenvalue weighted by atomic mass is 9.86. The number of benzene rings is 3. The van der Waals surface area contributed by atoms with Crippen molar-refractivity contribution >= 4 is 5.91 Å². The monoisotopic (exact) mass is 441 g/mol. The van der Waals surface area contributed by atoms with E-state index in [2.05, 4.69) is 39.7 Å². The maximum atomic E-state index is 12.7. The highest BCUT2D eigenvalue weighted by Gasteiger charge is 2.23. The van der Waals surface area contributed by atoms with Gasteiger partial charge in [0.05, 0.1) is 7.11 Å². The first-order valence-corrected chi connectivity index (χ1v) is 11.0. The molecule has 0 aliphatic carbocycles. The lowest BCUT2D eigenvalue weighted by molar-refractivity contribution is -0.121. The third kappa shape index (κ3) is 5.66. The second-order valence-corrected chi connectivity index (χ2v) is 7.90. The van der Waals surface area contributed by atoms with E-state index in [-0.39, 0.29) is 24.3 Å². The Kier molecular flexibility index (Phi) is 7.15. The van der Waals surface area contributed by atoms with Crippen LogP contribution in [0.15, 0.2) is 89.5 Å². The topological polar surface area (TPSA) is 77.2 Å². The van der Waals surface area contributed by atoms with Crippen molar-refractivity contribution in [3.05, 3.63) is 102 Å². The molecule has 0 saturated heterocycles. The Bertz CT molecular complexity index is 1120. The molecule has 33 heavy (non-hydrogen) atoms. The fourth-order valence-corrected chi connectivity index (χ4v) is 3.93. The molecule has 0 aliphatic heterocycles. The van der Waals surface area contributed by atoms with Gasteiger partial charge in [0.25, 0.3) is 0 Å². The molecule has 168 valence electrons. The van der Waals surface area contributed by atoms with Gasteiger partial charge in [0.15, 0.2) is 0 Å². The number of carbonyl (C=O) groups is 1. The number of nitrogens with one attached hydrogen (secondary N) is 1. The summed E-state index contributed by atoms with van der Waals surface area (Å²) >= 11 is 0. The quantitative estimate of drug-likeness (QED) is 0.395. The number of methoxy groups -OCH3 is 1. The van der Waals surface area contributed by atoms with Crippen LogP contribution in [0.5, 0.6) is 5.75 Å². The molecule has 4 aromatic rings. The smallest absolute Gasteiger partial charge is 0.227 e. The van der Waals surface area contributed by atoms with Gasteiger partial charge in [-0.25, -0.2) is 0 Å². The zero-order valence-electron chi connectivity index (χ0n) is 18.8. The van der Waals surface area contributed by atoms with E-state index < -0.39 is 0 Å². The lowest BCUT2D eigenvalue weighted by Crippen LogP contribution is -2.37. The summed E-state index contributed by atoms with van der Waals surface area (Å²) in [6, 6.07) is 27.8. The van der Waals surface area contributed by atoms with Gasteiger partial charge >= 0.3 is 0 Å². The first kappa shape index (κ1) is 22.3. The Hall–Kier alpha value is -3.93. The van der Waals surface area contributed by atoms with E-state index in [1.807, 2.05) is 67.6 Å². The van der Waals surface area contributed by atoms with Crippen molar-refractivity contribution in [1.82, 2.24) is 15.5 Å². The summed E-state index contributed by atoms with van der Waals surface area (Å²) in [6.45, 7) is 2.04. The van der Waals surface area contributed by atoms with E-state index in [1.54, 1.807) is 7.11 Å². The van der Waals surface area contributed by atoms with Crippen molar-refractivity contribution in [2.75, 3.05) is 7.11 Å². The van der Waals surface area contributed by atoms with E-state index in [1.165, 1.54) is 0 Å². The maximum Gasteiger partial charge on any atom is 0.227 e. The highest BCUT2D eigenvalue weighted by molar-refractivity contribution is 5.76.